The van der Waals surface area contributed by atoms with Crippen LogP contribution in [-0.2, 0) is 0 Å². The normalized spacial score (nSPS) is 25.7. The molecule has 3 rings (SSSR count). The van der Waals surface area contributed by atoms with E-state index in [0.29, 0.717) is 12.1 Å². The molecule has 2 atom stereocenters. The van der Waals surface area contributed by atoms with Crippen molar-refractivity contribution in [3.05, 3.63) is 29.8 Å². The van der Waals surface area contributed by atoms with Gasteiger partial charge in [0.1, 0.15) is 5.82 Å². The Bertz CT molecular complexity index is 562. The molecular weight excluding hydrogens is 226 g/mol. The summed E-state index contributed by atoms with van der Waals surface area (Å²) in [5.74, 6) is 0.948. The minimum Gasteiger partial charge on any atom is -0.327 e. The molecule has 5 heteroatoms. The fourth-order valence-corrected chi connectivity index (χ4v) is 2.87. The number of rotatable bonds is 1. The van der Waals surface area contributed by atoms with Gasteiger partial charge in [-0.2, -0.15) is 5.10 Å². The van der Waals surface area contributed by atoms with Crippen molar-refractivity contribution in [3.8, 4) is 0 Å². The molecule has 1 aliphatic heterocycles. The number of aromatic nitrogens is 3. The predicted octanol–water partition coefficient (Wildman–Crippen LogP) is 1.13. The maximum Gasteiger partial charge on any atom is 0.127 e. The number of likely N-dealkylation sites (tertiary alicyclic amines) is 1. The van der Waals surface area contributed by atoms with Gasteiger partial charge in [-0.3, -0.25) is 4.90 Å². The smallest absolute Gasteiger partial charge is 0.127 e. The summed E-state index contributed by atoms with van der Waals surface area (Å²) in [6, 6.07) is 4.70. The van der Waals surface area contributed by atoms with Crippen LogP contribution >= 0.6 is 0 Å². The van der Waals surface area contributed by atoms with Crippen LogP contribution in [0, 0.1) is 6.92 Å². The summed E-state index contributed by atoms with van der Waals surface area (Å²) in [7, 11) is 2.13. The van der Waals surface area contributed by atoms with E-state index in [4.69, 9.17) is 10.7 Å². The van der Waals surface area contributed by atoms with Gasteiger partial charge in [-0.1, -0.05) is 0 Å². The molecule has 2 unspecified atom stereocenters. The number of nitrogens with two attached hydrogens (primary N) is 1. The van der Waals surface area contributed by atoms with Crippen LogP contribution in [0.3, 0.4) is 0 Å². The van der Waals surface area contributed by atoms with E-state index >= 15 is 0 Å². The van der Waals surface area contributed by atoms with Gasteiger partial charge in [0.2, 0.25) is 0 Å². The predicted molar refractivity (Wildman–Crippen MR) is 70.3 cm³/mol. The van der Waals surface area contributed by atoms with Gasteiger partial charge in [-0.15, -0.1) is 0 Å². The largest absolute Gasteiger partial charge is 0.327 e. The zero-order chi connectivity index (χ0) is 12.7. The van der Waals surface area contributed by atoms with Gasteiger partial charge >= 0.3 is 0 Å². The zero-order valence-electron chi connectivity index (χ0n) is 10.9. The van der Waals surface area contributed by atoms with Gasteiger partial charge in [0.15, 0.2) is 0 Å². The van der Waals surface area contributed by atoms with Crippen LogP contribution < -0.4 is 5.73 Å². The topological polar surface area (TPSA) is 59.5 Å². The Morgan fingerprint density at radius 3 is 3.00 bits per heavy atom. The second-order valence-electron chi connectivity index (χ2n) is 5.16. The molecule has 2 aromatic heterocycles. The molecule has 1 aliphatic rings. The molecule has 2 N–H and O–H groups in total. The van der Waals surface area contributed by atoms with Crippen LogP contribution in [0.1, 0.15) is 30.4 Å². The summed E-state index contributed by atoms with van der Waals surface area (Å²) in [4.78, 5) is 7.02. The molecule has 0 amide bonds. The van der Waals surface area contributed by atoms with E-state index in [1.165, 1.54) is 0 Å². The highest BCUT2D eigenvalue weighted by Crippen LogP contribution is 2.31. The number of nitrogens with zero attached hydrogens (tertiary/aromatic N) is 4. The Labute approximate surface area is 107 Å². The van der Waals surface area contributed by atoms with Crippen molar-refractivity contribution >= 4 is 5.52 Å². The van der Waals surface area contributed by atoms with Crippen LogP contribution in [0.4, 0.5) is 0 Å². The Hall–Kier alpha value is -1.46. The first-order valence-corrected chi connectivity index (χ1v) is 6.43. The third-order valence-corrected chi connectivity index (χ3v) is 3.78. The molecule has 0 bridgehead atoms. The van der Waals surface area contributed by atoms with Gasteiger partial charge in [0.25, 0.3) is 0 Å². The molecule has 0 aliphatic carbocycles. The van der Waals surface area contributed by atoms with E-state index in [9.17, 15) is 0 Å². The fraction of sp³-hybridized carbons (Fsp3) is 0.538. The van der Waals surface area contributed by atoms with Crippen LogP contribution in [0.2, 0.25) is 0 Å². The fourth-order valence-electron chi connectivity index (χ4n) is 2.87. The first-order valence-electron chi connectivity index (χ1n) is 6.43. The second-order valence-corrected chi connectivity index (χ2v) is 5.16. The van der Waals surface area contributed by atoms with Crippen molar-refractivity contribution in [2.45, 2.75) is 31.8 Å². The van der Waals surface area contributed by atoms with Crippen molar-refractivity contribution in [2.24, 2.45) is 5.73 Å². The van der Waals surface area contributed by atoms with Crippen LogP contribution in [0.25, 0.3) is 5.52 Å². The molecule has 0 spiro atoms. The molecule has 1 fully saturated rings. The average Bonchev–Trinajstić information content (AvgIpc) is 2.68. The molecule has 18 heavy (non-hydrogen) atoms. The Balaban J connectivity index is 2.04. The first kappa shape index (κ1) is 11.6. The van der Waals surface area contributed by atoms with Crippen molar-refractivity contribution < 1.29 is 0 Å². The third-order valence-electron chi connectivity index (χ3n) is 3.78. The maximum atomic E-state index is 6.00. The summed E-state index contributed by atoms with van der Waals surface area (Å²) in [6.45, 7) is 2.93. The Kier molecular flexibility index (Phi) is 2.80. The zero-order valence-corrected chi connectivity index (χ0v) is 10.9. The Morgan fingerprint density at radius 2 is 2.22 bits per heavy atom. The SMILES string of the molecule is Cc1nc(C2CCC(N)CN2C)c2cccnn12. The molecule has 5 nitrogen and oxygen atoms in total. The van der Waals surface area contributed by atoms with Crippen molar-refractivity contribution in [3.63, 3.8) is 0 Å². The summed E-state index contributed by atoms with van der Waals surface area (Å²) < 4.78 is 1.91. The van der Waals surface area contributed by atoms with Crippen molar-refractivity contribution in [2.75, 3.05) is 13.6 Å². The minimum atomic E-state index is 0.291. The van der Waals surface area contributed by atoms with Crippen molar-refractivity contribution in [1.82, 2.24) is 19.5 Å². The Morgan fingerprint density at radius 1 is 1.39 bits per heavy atom. The standard InChI is InChI=1S/C13H19N5/c1-9-16-13(12-4-3-7-15-18(9)12)11-6-5-10(14)8-17(11)2/h3-4,7,10-11H,5-6,8,14H2,1-2H3. The number of fused-ring (bicyclic) bond motifs is 1. The number of imidazole rings is 1. The van der Waals surface area contributed by atoms with Gasteiger partial charge in [0, 0.05) is 18.8 Å². The summed E-state index contributed by atoms with van der Waals surface area (Å²) in [5, 5.41) is 4.35. The van der Waals surface area contributed by atoms with Gasteiger partial charge < -0.3 is 5.73 Å². The minimum absolute atomic E-state index is 0.291. The molecule has 1 saturated heterocycles. The monoisotopic (exact) mass is 245 g/mol. The third kappa shape index (κ3) is 1.79. The van der Waals surface area contributed by atoms with E-state index in [1.54, 1.807) is 6.20 Å². The summed E-state index contributed by atoms with van der Waals surface area (Å²) >= 11 is 0. The van der Waals surface area contributed by atoms with E-state index in [-0.39, 0.29) is 0 Å². The highest BCUT2D eigenvalue weighted by atomic mass is 15.3. The summed E-state index contributed by atoms with van der Waals surface area (Å²) in [6.07, 6.45) is 3.93. The molecule has 2 aromatic rings. The van der Waals surface area contributed by atoms with E-state index in [1.807, 2.05) is 17.5 Å². The molecule has 96 valence electrons. The second kappa shape index (κ2) is 4.33. The van der Waals surface area contributed by atoms with E-state index < -0.39 is 0 Å². The lowest BCUT2D eigenvalue weighted by Gasteiger charge is -2.34. The first-order chi connectivity index (χ1) is 8.66. The van der Waals surface area contributed by atoms with Gasteiger partial charge in [-0.05, 0) is 38.9 Å². The molecule has 0 saturated carbocycles. The number of hydrogen-bond donors (Lipinski definition) is 1. The molecule has 0 radical (unpaired) electrons. The highest BCUT2D eigenvalue weighted by molar-refractivity contribution is 5.53. The van der Waals surface area contributed by atoms with Gasteiger partial charge in [-0.25, -0.2) is 9.50 Å². The van der Waals surface area contributed by atoms with E-state index in [2.05, 4.69) is 23.1 Å². The average molecular weight is 245 g/mol. The summed E-state index contributed by atoms with van der Waals surface area (Å²) in [5.41, 5.74) is 8.25. The van der Waals surface area contributed by atoms with Crippen molar-refractivity contribution in [1.29, 1.82) is 0 Å². The van der Waals surface area contributed by atoms with Crippen LogP contribution in [-0.4, -0.2) is 39.1 Å². The number of likely N-dealkylation sites (N-methyl/N-ethyl adjacent to an activating group) is 1. The lowest BCUT2D eigenvalue weighted by molar-refractivity contribution is 0.168. The molecule has 0 aromatic carbocycles. The van der Waals surface area contributed by atoms with Crippen LogP contribution in [0.5, 0.6) is 0 Å². The highest BCUT2D eigenvalue weighted by Gasteiger charge is 2.28. The van der Waals surface area contributed by atoms with Gasteiger partial charge in [0.05, 0.1) is 17.3 Å². The molecule has 3 heterocycles. The van der Waals surface area contributed by atoms with E-state index in [0.717, 1.165) is 36.4 Å². The quantitative estimate of drug-likeness (QED) is 0.818. The van der Waals surface area contributed by atoms with Crippen LogP contribution in [0.15, 0.2) is 18.3 Å². The number of piperidine rings is 1. The molecular formula is C13H19N5. The lowest BCUT2D eigenvalue weighted by Crippen LogP contribution is -2.42. The number of aryl methyl sites for hydroxylation is 1. The maximum absolute atomic E-state index is 6.00. The number of hydrogen-bond acceptors (Lipinski definition) is 4. The lowest BCUT2D eigenvalue weighted by atomic mass is 9.96.